The molecule has 0 N–H and O–H groups in total. The van der Waals surface area contributed by atoms with Gasteiger partial charge in [0.05, 0.1) is 12.0 Å². The van der Waals surface area contributed by atoms with Crippen molar-refractivity contribution in [2.45, 2.75) is 24.9 Å². The van der Waals surface area contributed by atoms with Crippen molar-refractivity contribution in [1.29, 1.82) is 0 Å². The zero-order chi connectivity index (χ0) is 21.9. The molecule has 32 heavy (non-hydrogen) atoms. The van der Waals surface area contributed by atoms with Crippen molar-refractivity contribution in [2.75, 3.05) is 19.7 Å². The number of hydrogen-bond donors (Lipinski definition) is 0. The van der Waals surface area contributed by atoms with Crippen LogP contribution >= 0.6 is 11.3 Å². The maximum atomic E-state index is 13.8. The van der Waals surface area contributed by atoms with Gasteiger partial charge in [-0.25, -0.2) is 9.69 Å². The van der Waals surface area contributed by atoms with E-state index in [2.05, 4.69) is 33.9 Å². The number of amides is 2. The van der Waals surface area contributed by atoms with Crippen molar-refractivity contribution in [3.63, 3.8) is 0 Å². The topological polar surface area (TPSA) is 49.9 Å². The highest BCUT2D eigenvalue weighted by atomic mass is 32.1. The number of likely N-dealkylation sites (tertiary alicyclic amines) is 1. The maximum absolute atomic E-state index is 13.8. The molecule has 2 aromatic carbocycles. The Hall–Kier alpha value is -2.96. The summed E-state index contributed by atoms with van der Waals surface area (Å²) in [5.41, 5.74) is 3.50. The van der Waals surface area contributed by atoms with E-state index in [1.807, 2.05) is 48.5 Å². The molecular formula is C26H26N2O3S. The number of benzene rings is 2. The summed E-state index contributed by atoms with van der Waals surface area (Å²) in [5.74, 6) is -0.305. The number of imide groups is 1. The zero-order valence-electron chi connectivity index (χ0n) is 17.8. The highest BCUT2D eigenvalue weighted by Crippen LogP contribution is 2.37. The fraction of sp³-hybridized carbons (Fsp3) is 0.308. The molecule has 2 aliphatic heterocycles. The Kier molecular flexibility index (Phi) is 6.06. The van der Waals surface area contributed by atoms with Crippen LogP contribution in [0, 0.1) is 5.92 Å². The largest absolute Gasteiger partial charge is 0.447 e. The minimum absolute atomic E-state index is 0.0724. The lowest BCUT2D eigenvalue weighted by Gasteiger charge is -2.25. The van der Waals surface area contributed by atoms with Gasteiger partial charge in [-0.3, -0.25) is 9.69 Å². The van der Waals surface area contributed by atoms with Crippen LogP contribution < -0.4 is 0 Å². The fourth-order valence-corrected chi connectivity index (χ4v) is 5.60. The number of rotatable bonds is 6. The lowest BCUT2D eigenvalue weighted by Crippen LogP contribution is -2.45. The molecule has 2 saturated heterocycles. The van der Waals surface area contributed by atoms with Gasteiger partial charge in [-0.05, 0) is 39.9 Å². The Balaban J connectivity index is 1.37. The number of ether oxygens (including phenoxy) is 1. The highest BCUT2D eigenvalue weighted by Gasteiger charge is 2.46. The number of hydrogen-bond acceptors (Lipinski definition) is 5. The lowest BCUT2D eigenvalue weighted by molar-refractivity contribution is -0.133. The molecule has 1 aromatic heterocycles. The summed E-state index contributed by atoms with van der Waals surface area (Å²) in [4.78, 5) is 30.1. The van der Waals surface area contributed by atoms with E-state index in [9.17, 15) is 9.59 Å². The molecule has 3 unspecified atom stereocenters. The molecule has 3 atom stereocenters. The van der Waals surface area contributed by atoms with E-state index in [0.717, 1.165) is 18.7 Å². The number of carbonyl (C=O) groups is 2. The molecule has 2 aliphatic rings. The lowest BCUT2D eigenvalue weighted by atomic mass is 9.89. The third-order valence-electron chi connectivity index (χ3n) is 6.45. The predicted octanol–water partition coefficient (Wildman–Crippen LogP) is 4.55. The first-order valence-electron chi connectivity index (χ1n) is 11.0. The van der Waals surface area contributed by atoms with Crippen LogP contribution in [-0.4, -0.2) is 47.5 Å². The number of carbonyl (C=O) groups excluding carboxylic acids is 2. The van der Waals surface area contributed by atoms with E-state index in [-0.39, 0.29) is 30.4 Å². The summed E-state index contributed by atoms with van der Waals surface area (Å²) in [6.07, 6.45) is 0.100. The van der Waals surface area contributed by atoms with Crippen LogP contribution in [0.2, 0.25) is 0 Å². The van der Waals surface area contributed by atoms with E-state index in [1.165, 1.54) is 16.0 Å². The molecule has 5 rings (SSSR count). The van der Waals surface area contributed by atoms with Gasteiger partial charge >= 0.3 is 6.09 Å². The van der Waals surface area contributed by atoms with Gasteiger partial charge in [0.1, 0.15) is 6.61 Å². The summed E-state index contributed by atoms with van der Waals surface area (Å²) < 4.78 is 5.33. The van der Waals surface area contributed by atoms with Crippen molar-refractivity contribution < 1.29 is 14.3 Å². The van der Waals surface area contributed by atoms with Gasteiger partial charge in [0.2, 0.25) is 5.91 Å². The molecule has 0 saturated carbocycles. The summed E-state index contributed by atoms with van der Waals surface area (Å²) in [6, 6.07) is 22.1. The van der Waals surface area contributed by atoms with E-state index >= 15 is 0 Å². The number of thiophene rings is 1. The Morgan fingerprint density at radius 3 is 2.38 bits per heavy atom. The van der Waals surface area contributed by atoms with Gasteiger partial charge in [0.25, 0.3) is 0 Å². The Bertz CT molecular complexity index is 1060. The molecule has 3 aromatic rings. The highest BCUT2D eigenvalue weighted by molar-refractivity contribution is 7.08. The van der Waals surface area contributed by atoms with Gasteiger partial charge in [0, 0.05) is 25.6 Å². The molecule has 164 valence electrons. The molecule has 6 heteroatoms. The molecule has 0 bridgehead atoms. The number of cyclic esters (lactones) is 1. The van der Waals surface area contributed by atoms with Crippen LogP contribution in [0.3, 0.4) is 0 Å². The molecule has 0 radical (unpaired) electrons. The second-order valence-electron chi connectivity index (χ2n) is 8.58. The van der Waals surface area contributed by atoms with Crippen LogP contribution in [0.1, 0.15) is 22.6 Å². The van der Waals surface area contributed by atoms with Crippen molar-refractivity contribution in [3.05, 3.63) is 94.2 Å². The van der Waals surface area contributed by atoms with Gasteiger partial charge < -0.3 is 4.74 Å². The minimum Gasteiger partial charge on any atom is -0.447 e. The Morgan fingerprint density at radius 1 is 0.969 bits per heavy atom. The average molecular weight is 447 g/mol. The third-order valence-corrected chi connectivity index (χ3v) is 7.15. The first-order chi connectivity index (χ1) is 15.7. The van der Waals surface area contributed by atoms with E-state index in [0.29, 0.717) is 13.0 Å². The Labute approximate surface area is 192 Å². The maximum Gasteiger partial charge on any atom is 0.416 e. The molecular weight excluding hydrogens is 420 g/mol. The molecule has 3 heterocycles. The average Bonchev–Trinajstić information content (AvgIpc) is 3.55. The van der Waals surface area contributed by atoms with E-state index in [1.54, 1.807) is 11.3 Å². The van der Waals surface area contributed by atoms with Crippen LogP contribution in [0.15, 0.2) is 77.5 Å². The quantitative estimate of drug-likeness (QED) is 0.557. The van der Waals surface area contributed by atoms with Crippen molar-refractivity contribution in [3.8, 4) is 0 Å². The van der Waals surface area contributed by atoms with Crippen molar-refractivity contribution in [2.24, 2.45) is 5.92 Å². The predicted molar refractivity (Wildman–Crippen MR) is 124 cm³/mol. The molecule has 5 nitrogen and oxygen atoms in total. The monoisotopic (exact) mass is 446 g/mol. The van der Waals surface area contributed by atoms with Crippen molar-refractivity contribution in [1.82, 2.24) is 9.80 Å². The SMILES string of the molecule is O=C1OCC(Cc2ccccc2)N1C(=O)C1CN(Cc2ccccc2)CC1c1ccsc1. The van der Waals surface area contributed by atoms with E-state index < -0.39 is 6.09 Å². The van der Waals surface area contributed by atoms with E-state index in [4.69, 9.17) is 4.74 Å². The summed E-state index contributed by atoms with van der Waals surface area (Å²) >= 11 is 1.65. The van der Waals surface area contributed by atoms with Crippen LogP contribution in [-0.2, 0) is 22.5 Å². The van der Waals surface area contributed by atoms with Gasteiger partial charge in [0.15, 0.2) is 0 Å². The molecule has 2 fully saturated rings. The Morgan fingerprint density at radius 2 is 1.69 bits per heavy atom. The second-order valence-corrected chi connectivity index (χ2v) is 9.36. The van der Waals surface area contributed by atoms with Gasteiger partial charge in [-0.15, -0.1) is 0 Å². The summed E-state index contributed by atoms with van der Waals surface area (Å²) in [7, 11) is 0. The molecule has 0 aliphatic carbocycles. The van der Waals surface area contributed by atoms with Crippen LogP contribution in [0.5, 0.6) is 0 Å². The zero-order valence-corrected chi connectivity index (χ0v) is 18.6. The van der Waals surface area contributed by atoms with Gasteiger partial charge in [-0.1, -0.05) is 60.7 Å². The first-order valence-corrected chi connectivity index (χ1v) is 12.0. The van der Waals surface area contributed by atoms with Gasteiger partial charge in [-0.2, -0.15) is 11.3 Å². The first kappa shape index (κ1) is 20.9. The smallest absolute Gasteiger partial charge is 0.416 e. The third kappa shape index (κ3) is 4.33. The fourth-order valence-electron chi connectivity index (χ4n) is 4.88. The van der Waals surface area contributed by atoms with Crippen LogP contribution in [0.25, 0.3) is 0 Å². The second kappa shape index (κ2) is 9.27. The van der Waals surface area contributed by atoms with Crippen molar-refractivity contribution >= 4 is 23.3 Å². The minimum atomic E-state index is -0.512. The summed E-state index contributed by atoms with van der Waals surface area (Å²) in [6.45, 7) is 2.48. The van der Waals surface area contributed by atoms with Crippen LogP contribution in [0.4, 0.5) is 4.79 Å². The standard InChI is InChI=1S/C26H26N2O3S/c29-25(28-22(17-31-26(28)30)13-19-7-3-1-4-8-19)24-16-27(14-20-9-5-2-6-10-20)15-23(24)21-11-12-32-18-21/h1-12,18,22-24H,13-17H2. The normalized spacial score (nSPS) is 23.4. The molecule has 0 spiro atoms. The number of nitrogens with zero attached hydrogens (tertiary/aromatic N) is 2. The molecule has 2 amide bonds. The summed E-state index contributed by atoms with van der Waals surface area (Å²) in [5, 5.41) is 4.18.